The first-order chi connectivity index (χ1) is 14.6. The monoisotopic (exact) mass is 411 g/mol. The van der Waals surface area contributed by atoms with Crippen LogP contribution in [0.15, 0.2) is 53.1 Å². The van der Waals surface area contributed by atoms with E-state index in [0.717, 1.165) is 18.8 Å². The van der Waals surface area contributed by atoms with E-state index in [2.05, 4.69) is 17.0 Å². The summed E-state index contributed by atoms with van der Waals surface area (Å²) >= 11 is 0. The summed E-state index contributed by atoms with van der Waals surface area (Å²) in [6.45, 7) is 2.98. The number of nitrogens with zero attached hydrogens (tertiary/aromatic N) is 3. The van der Waals surface area contributed by atoms with E-state index >= 15 is 0 Å². The summed E-state index contributed by atoms with van der Waals surface area (Å²) in [6.07, 6.45) is 1.65. The van der Waals surface area contributed by atoms with Crippen molar-refractivity contribution in [3.8, 4) is 0 Å². The first-order valence-corrected chi connectivity index (χ1v) is 10.1. The number of benzene rings is 1. The third kappa shape index (κ3) is 4.64. The summed E-state index contributed by atoms with van der Waals surface area (Å²) in [5.41, 5.74) is 1.14. The number of carbonyl (C=O) groups is 3. The Balaban J connectivity index is 1.21. The number of ether oxygens (including phenoxy) is 1. The van der Waals surface area contributed by atoms with Gasteiger partial charge < -0.3 is 23.9 Å². The van der Waals surface area contributed by atoms with Crippen LogP contribution < -0.4 is 4.90 Å². The number of likely N-dealkylation sites (tertiary alicyclic amines) is 1. The molecule has 2 fully saturated rings. The second kappa shape index (κ2) is 9.02. The number of hydrogen-bond acceptors (Lipinski definition) is 6. The molecule has 1 aromatic heterocycles. The Morgan fingerprint density at radius 1 is 1.03 bits per heavy atom. The van der Waals surface area contributed by atoms with Gasteiger partial charge in [-0.05, 0) is 24.3 Å². The Bertz CT molecular complexity index is 875. The van der Waals surface area contributed by atoms with E-state index < -0.39 is 11.9 Å². The van der Waals surface area contributed by atoms with Crippen molar-refractivity contribution in [3.05, 3.63) is 54.5 Å². The second-order valence-electron chi connectivity index (χ2n) is 7.57. The number of esters is 1. The van der Waals surface area contributed by atoms with E-state index in [9.17, 15) is 14.4 Å². The van der Waals surface area contributed by atoms with Gasteiger partial charge in [-0.25, -0.2) is 0 Å². The summed E-state index contributed by atoms with van der Waals surface area (Å²) in [7, 11) is 0. The van der Waals surface area contributed by atoms with Gasteiger partial charge in [0.25, 0.3) is 5.91 Å². The van der Waals surface area contributed by atoms with Crippen molar-refractivity contribution >= 4 is 23.5 Å². The zero-order valence-corrected chi connectivity index (χ0v) is 16.7. The standard InChI is InChI=1S/C22H25N3O5/c26-20-13-17(14-25(20)15-19-7-4-12-29-19)22(28)30-16-21(27)24-10-8-23(9-11-24)18-5-2-1-3-6-18/h1-7,12,17H,8-11,13-16H2/t17-/m1/s1. The predicted molar refractivity (Wildman–Crippen MR) is 108 cm³/mol. The van der Waals surface area contributed by atoms with Crippen LogP contribution in [0.3, 0.4) is 0 Å². The lowest BCUT2D eigenvalue weighted by Crippen LogP contribution is -2.50. The van der Waals surface area contributed by atoms with Gasteiger partial charge in [0, 0.05) is 44.8 Å². The van der Waals surface area contributed by atoms with Gasteiger partial charge >= 0.3 is 5.97 Å². The fourth-order valence-corrected chi connectivity index (χ4v) is 3.87. The first kappa shape index (κ1) is 20.0. The molecule has 3 heterocycles. The zero-order chi connectivity index (χ0) is 20.9. The Morgan fingerprint density at radius 2 is 1.80 bits per heavy atom. The number of piperazine rings is 1. The van der Waals surface area contributed by atoms with Crippen molar-refractivity contribution in [1.82, 2.24) is 9.80 Å². The van der Waals surface area contributed by atoms with E-state index in [0.29, 0.717) is 25.4 Å². The molecule has 0 aliphatic carbocycles. The molecule has 2 aliphatic rings. The molecule has 8 heteroatoms. The number of anilines is 1. The molecule has 0 unspecified atom stereocenters. The molecule has 0 saturated carbocycles. The number of para-hydroxylation sites is 1. The molecule has 1 atom stereocenters. The molecule has 8 nitrogen and oxygen atoms in total. The summed E-state index contributed by atoms with van der Waals surface area (Å²) in [5.74, 6) is -0.691. The molecule has 2 aromatic rings. The van der Waals surface area contributed by atoms with Gasteiger partial charge in [0.2, 0.25) is 5.91 Å². The van der Waals surface area contributed by atoms with Crippen molar-refractivity contribution in [2.75, 3.05) is 44.2 Å². The molecular weight excluding hydrogens is 386 g/mol. The average Bonchev–Trinajstić information content (AvgIpc) is 3.43. The predicted octanol–water partition coefficient (Wildman–Crippen LogP) is 1.52. The van der Waals surface area contributed by atoms with Crippen LogP contribution in [0, 0.1) is 5.92 Å². The molecule has 4 rings (SSSR count). The maximum atomic E-state index is 12.4. The van der Waals surface area contributed by atoms with E-state index in [1.54, 1.807) is 28.2 Å². The molecule has 2 saturated heterocycles. The molecule has 0 radical (unpaired) electrons. The molecule has 158 valence electrons. The van der Waals surface area contributed by atoms with Crippen LogP contribution in [0.4, 0.5) is 5.69 Å². The van der Waals surface area contributed by atoms with Crippen molar-refractivity contribution in [1.29, 1.82) is 0 Å². The van der Waals surface area contributed by atoms with Gasteiger partial charge in [0.05, 0.1) is 18.7 Å². The third-order valence-electron chi connectivity index (χ3n) is 5.57. The lowest BCUT2D eigenvalue weighted by Gasteiger charge is -2.36. The van der Waals surface area contributed by atoms with Crippen LogP contribution >= 0.6 is 0 Å². The number of furan rings is 1. The highest BCUT2D eigenvalue weighted by atomic mass is 16.5. The third-order valence-corrected chi connectivity index (χ3v) is 5.57. The SMILES string of the molecule is O=C(OCC(=O)N1CCN(c2ccccc2)CC1)[C@@H]1CC(=O)N(Cc2ccco2)C1. The first-order valence-electron chi connectivity index (χ1n) is 10.1. The van der Waals surface area contributed by atoms with Gasteiger partial charge in [0.1, 0.15) is 5.76 Å². The summed E-state index contributed by atoms with van der Waals surface area (Å²) in [4.78, 5) is 42.5. The summed E-state index contributed by atoms with van der Waals surface area (Å²) < 4.78 is 10.5. The maximum absolute atomic E-state index is 12.4. The van der Waals surface area contributed by atoms with Crippen molar-refractivity contribution < 1.29 is 23.5 Å². The van der Waals surface area contributed by atoms with Gasteiger partial charge in [-0.1, -0.05) is 18.2 Å². The highest BCUT2D eigenvalue weighted by Gasteiger charge is 2.36. The summed E-state index contributed by atoms with van der Waals surface area (Å²) in [6, 6.07) is 13.6. The van der Waals surface area contributed by atoms with Crippen molar-refractivity contribution in [3.63, 3.8) is 0 Å². The number of rotatable bonds is 6. The summed E-state index contributed by atoms with van der Waals surface area (Å²) in [5, 5.41) is 0. The second-order valence-corrected chi connectivity index (χ2v) is 7.57. The minimum absolute atomic E-state index is 0.101. The smallest absolute Gasteiger partial charge is 0.311 e. The molecule has 0 spiro atoms. The minimum atomic E-state index is -0.546. The van der Waals surface area contributed by atoms with E-state index in [4.69, 9.17) is 9.15 Å². The topological polar surface area (TPSA) is 83.3 Å². The average molecular weight is 411 g/mol. The number of amides is 2. The largest absolute Gasteiger partial charge is 0.467 e. The molecule has 1 aromatic carbocycles. The highest BCUT2D eigenvalue weighted by Crippen LogP contribution is 2.22. The Kier molecular flexibility index (Phi) is 6.02. The van der Waals surface area contributed by atoms with Gasteiger partial charge in [-0.2, -0.15) is 0 Å². The molecule has 0 N–H and O–H groups in total. The van der Waals surface area contributed by atoms with Crippen molar-refractivity contribution in [2.45, 2.75) is 13.0 Å². The minimum Gasteiger partial charge on any atom is -0.467 e. The lowest BCUT2D eigenvalue weighted by molar-refractivity contribution is -0.155. The quantitative estimate of drug-likeness (QED) is 0.671. The number of carbonyl (C=O) groups excluding carboxylic acids is 3. The Morgan fingerprint density at radius 3 is 2.50 bits per heavy atom. The molecular formula is C22H25N3O5. The zero-order valence-electron chi connectivity index (χ0n) is 16.7. The van der Waals surface area contributed by atoms with E-state index in [-0.39, 0.29) is 31.4 Å². The van der Waals surface area contributed by atoms with E-state index in [1.807, 2.05) is 18.2 Å². The highest BCUT2D eigenvalue weighted by molar-refractivity contribution is 5.88. The van der Waals surface area contributed by atoms with Crippen LogP contribution in [0.2, 0.25) is 0 Å². The molecule has 2 amide bonds. The maximum Gasteiger partial charge on any atom is 0.311 e. The molecule has 0 bridgehead atoms. The van der Waals surface area contributed by atoms with Gasteiger partial charge in [-0.3, -0.25) is 14.4 Å². The Labute approximate surface area is 175 Å². The molecule has 2 aliphatic heterocycles. The van der Waals surface area contributed by atoms with Crippen molar-refractivity contribution in [2.24, 2.45) is 5.92 Å². The molecule has 30 heavy (non-hydrogen) atoms. The van der Waals surface area contributed by atoms with E-state index in [1.165, 1.54) is 0 Å². The number of hydrogen-bond donors (Lipinski definition) is 0. The fourth-order valence-electron chi connectivity index (χ4n) is 3.87. The van der Waals surface area contributed by atoms with Gasteiger partial charge in [-0.15, -0.1) is 0 Å². The van der Waals surface area contributed by atoms with Gasteiger partial charge in [0.15, 0.2) is 6.61 Å². The Hall–Kier alpha value is -3.29. The normalized spacial score (nSPS) is 19.3. The van der Waals surface area contributed by atoms with Crippen LogP contribution in [-0.4, -0.2) is 66.9 Å². The van der Waals surface area contributed by atoms with Crippen LogP contribution in [-0.2, 0) is 25.7 Å². The fraction of sp³-hybridized carbons (Fsp3) is 0.409. The van der Waals surface area contributed by atoms with Crippen LogP contribution in [0.25, 0.3) is 0 Å². The van der Waals surface area contributed by atoms with Crippen LogP contribution in [0.5, 0.6) is 0 Å². The lowest BCUT2D eigenvalue weighted by atomic mass is 10.1. The van der Waals surface area contributed by atoms with Crippen LogP contribution in [0.1, 0.15) is 12.2 Å².